The predicted molar refractivity (Wildman–Crippen MR) is 111 cm³/mol. The molecule has 0 N–H and O–H groups in total. The number of fused-ring (bicyclic) bond motifs is 4. The molecule has 2 aliphatic rings. The highest BCUT2D eigenvalue weighted by atomic mass is 16.5. The molecule has 27 heavy (non-hydrogen) atoms. The summed E-state index contributed by atoms with van der Waals surface area (Å²) in [5.74, 6) is 0.916. The Morgan fingerprint density at radius 1 is 1.04 bits per heavy atom. The van der Waals surface area contributed by atoms with Crippen molar-refractivity contribution in [3.63, 3.8) is 0 Å². The number of hydrogen-bond donors (Lipinski definition) is 0. The number of nitrogens with zero attached hydrogens (tertiary/aromatic N) is 2. The van der Waals surface area contributed by atoms with Crippen LogP contribution in [0, 0.1) is 13.8 Å². The van der Waals surface area contributed by atoms with Crippen LogP contribution in [-0.2, 0) is 5.41 Å². The molecule has 0 fully saturated rings. The van der Waals surface area contributed by atoms with Gasteiger partial charge in [0.1, 0.15) is 5.75 Å². The molecular formula is C24H24N2O. The first-order valence-corrected chi connectivity index (χ1v) is 9.47. The Balaban J connectivity index is 1.71. The van der Waals surface area contributed by atoms with E-state index in [2.05, 4.69) is 81.0 Å². The lowest BCUT2D eigenvalue weighted by Crippen LogP contribution is -2.58. The molecule has 5 rings (SSSR count). The second-order valence-corrected chi connectivity index (χ2v) is 8.32. The first-order valence-electron chi connectivity index (χ1n) is 9.47. The molecule has 136 valence electrons. The predicted octanol–water partition coefficient (Wildman–Crippen LogP) is 5.38. The molecule has 0 radical (unpaired) electrons. The van der Waals surface area contributed by atoms with E-state index >= 15 is 0 Å². The van der Waals surface area contributed by atoms with Crippen molar-refractivity contribution >= 4 is 22.7 Å². The molecule has 3 aromatic rings. The summed E-state index contributed by atoms with van der Waals surface area (Å²) in [5.41, 5.74) is 6.59. The van der Waals surface area contributed by atoms with Crippen LogP contribution in [0.4, 0.5) is 5.69 Å². The number of anilines is 1. The SMILES string of the molecule is Cc1cc2c(cc1C)C(C)(C)C1(C=Cc3c(ccc4ncccc34)O1)N2C. The lowest BCUT2D eigenvalue weighted by molar-refractivity contribution is 0.0584. The average Bonchev–Trinajstić information content (AvgIpc) is 2.81. The van der Waals surface area contributed by atoms with Gasteiger partial charge in [0.15, 0.2) is 0 Å². The van der Waals surface area contributed by atoms with E-state index in [-0.39, 0.29) is 5.41 Å². The molecule has 2 aliphatic heterocycles. The number of likely N-dealkylation sites (N-methyl/N-ethyl adjacent to an activating group) is 1. The molecule has 1 unspecified atom stereocenters. The molecule has 0 amide bonds. The molecule has 3 heteroatoms. The van der Waals surface area contributed by atoms with Gasteiger partial charge in [-0.3, -0.25) is 4.98 Å². The van der Waals surface area contributed by atoms with Gasteiger partial charge in [-0.15, -0.1) is 0 Å². The number of hydrogen-bond acceptors (Lipinski definition) is 3. The van der Waals surface area contributed by atoms with Crippen molar-refractivity contribution in [1.82, 2.24) is 4.98 Å². The maximum absolute atomic E-state index is 6.79. The quantitative estimate of drug-likeness (QED) is 0.541. The molecule has 1 aromatic heterocycles. The summed E-state index contributed by atoms with van der Waals surface area (Å²) < 4.78 is 6.79. The molecule has 0 saturated heterocycles. The third-order valence-corrected chi connectivity index (χ3v) is 6.57. The fourth-order valence-electron chi connectivity index (χ4n) is 4.70. The summed E-state index contributed by atoms with van der Waals surface area (Å²) in [6, 6.07) is 12.8. The van der Waals surface area contributed by atoms with Gasteiger partial charge in [-0.05, 0) is 80.8 Å². The van der Waals surface area contributed by atoms with E-state index in [9.17, 15) is 0 Å². The Morgan fingerprint density at radius 2 is 1.81 bits per heavy atom. The van der Waals surface area contributed by atoms with Crippen LogP contribution in [0.2, 0.25) is 0 Å². The zero-order valence-electron chi connectivity index (χ0n) is 16.5. The Morgan fingerprint density at radius 3 is 2.63 bits per heavy atom. The van der Waals surface area contributed by atoms with Gasteiger partial charge in [-0.1, -0.05) is 12.1 Å². The Hall–Kier alpha value is -2.81. The van der Waals surface area contributed by atoms with Crippen molar-refractivity contribution in [2.75, 3.05) is 11.9 Å². The smallest absolute Gasteiger partial charge is 0.211 e. The first-order chi connectivity index (χ1) is 12.8. The van der Waals surface area contributed by atoms with Crippen molar-refractivity contribution in [2.24, 2.45) is 0 Å². The summed E-state index contributed by atoms with van der Waals surface area (Å²) in [5, 5.41) is 1.13. The van der Waals surface area contributed by atoms with Crippen LogP contribution in [0.5, 0.6) is 5.75 Å². The summed E-state index contributed by atoms with van der Waals surface area (Å²) in [6.45, 7) is 8.92. The summed E-state index contributed by atoms with van der Waals surface area (Å²) in [4.78, 5) is 6.77. The van der Waals surface area contributed by atoms with E-state index < -0.39 is 5.72 Å². The topological polar surface area (TPSA) is 25.4 Å². The molecule has 0 bridgehead atoms. The highest BCUT2D eigenvalue weighted by Crippen LogP contribution is 2.55. The Bertz CT molecular complexity index is 1130. The lowest BCUT2D eigenvalue weighted by Gasteiger charge is -2.45. The first kappa shape index (κ1) is 16.4. The van der Waals surface area contributed by atoms with Gasteiger partial charge in [0, 0.05) is 29.9 Å². The van der Waals surface area contributed by atoms with Gasteiger partial charge in [-0.2, -0.15) is 0 Å². The van der Waals surface area contributed by atoms with Crippen LogP contribution in [0.25, 0.3) is 17.0 Å². The highest BCUT2D eigenvalue weighted by Gasteiger charge is 2.57. The van der Waals surface area contributed by atoms with Crippen molar-refractivity contribution in [3.05, 3.63) is 70.9 Å². The maximum Gasteiger partial charge on any atom is 0.211 e. The van der Waals surface area contributed by atoms with Gasteiger partial charge in [-0.25, -0.2) is 0 Å². The van der Waals surface area contributed by atoms with Gasteiger partial charge >= 0.3 is 0 Å². The molecule has 1 spiro atoms. The summed E-state index contributed by atoms with van der Waals surface area (Å²) >= 11 is 0. The molecule has 3 nitrogen and oxygen atoms in total. The van der Waals surface area contributed by atoms with Crippen molar-refractivity contribution in [2.45, 2.75) is 38.8 Å². The van der Waals surface area contributed by atoms with Crippen molar-refractivity contribution in [3.8, 4) is 5.75 Å². The van der Waals surface area contributed by atoms with E-state index in [0.717, 1.165) is 22.2 Å². The third kappa shape index (κ3) is 1.94. The zero-order valence-corrected chi connectivity index (χ0v) is 16.5. The zero-order chi connectivity index (χ0) is 19.0. The molecule has 1 atom stereocenters. The number of benzene rings is 2. The fourth-order valence-corrected chi connectivity index (χ4v) is 4.70. The fraction of sp³-hybridized carbons (Fsp3) is 0.292. The van der Waals surface area contributed by atoms with Crippen molar-refractivity contribution in [1.29, 1.82) is 0 Å². The van der Waals surface area contributed by atoms with E-state index in [0.29, 0.717) is 0 Å². The second-order valence-electron chi connectivity index (χ2n) is 8.32. The number of ether oxygens (including phenoxy) is 1. The summed E-state index contributed by atoms with van der Waals surface area (Å²) in [6.07, 6.45) is 6.28. The minimum Gasteiger partial charge on any atom is -0.463 e. The largest absolute Gasteiger partial charge is 0.463 e. The number of aromatic nitrogens is 1. The number of aryl methyl sites for hydroxylation is 2. The average molecular weight is 356 g/mol. The standard InChI is InChI=1S/C24H24N2O/c1-15-13-19-21(14-16(15)2)26(5)24(23(19,3)4)11-10-18-17-7-6-12-25-20(17)8-9-22(18)27-24/h6-14H,1-5H3. The molecular weight excluding hydrogens is 332 g/mol. The second kappa shape index (κ2) is 5.13. The highest BCUT2D eigenvalue weighted by molar-refractivity contribution is 5.92. The maximum atomic E-state index is 6.79. The van der Waals surface area contributed by atoms with Gasteiger partial charge in [0.2, 0.25) is 5.72 Å². The number of pyridine rings is 1. The van der Waals surface area contributed by atoms with Gasteiger partial charge < -0.3 is 9.64 Å². The third-order valence-electron chi connectivity index (χ3n) is 6.57. The van der Waals surface area contributed by atoms with Crippen molar-refractivity contribution < 1.29 is 4.74 Å². The molecule has 2 aromatic carbocycles. The minimum atomic E-state index is -0.543. The van der Waals surface area contributed by atoms with Gasteiger partial charge in [0.05, 0.1) is 10.9 Å². The molecule has 0 saturated carbocycles. The van der Waals surface area contributed by atoms with Crippen LogP contribution in [-0.4, -0.2) is 17.8 Å². The van der Waals surface area contributed by atoms with Crippen LogP contribution < -0.4 is 9.64 Å². The van der Waals surface area contributed by atoms with E-state index in [1.165, 1.54) is 22.4 Å². The Labute approximate surface area is 160 Å². The molecule has 0 aliphatic carbocycles. The molecule has 3 heterocycles. The normalized spacial score (nSPS) is 22.0. The Kier molecular flexibility index (Phi) is 3.11. The van der Waals surface area contributed by atoms with E-state index in [4.69, 9.17) is 4.74 Å². The van der Waals surface area contributed by atoms with Crippen LogP contribution >= 0.6 is 0 Å². The van der Waals surface area contributed by atoms with Crippen LogP contribution in [0.1, 0.15) is 36.1 Å². The minimum absolute atomic E-state index is 0.187. The van der Waals surface area contributed by atoms with Gasteiger partial charge in [0.25, 0.3) is 0 Å². The van der Waals surface area contributed by atoms with Crippen LogP contribution in [0.15, 0.2) is 48.7 Å². The summed E-state index contributed by atoms with van der Waals surface area (Å²) in [7, 11) is 2.14. The van der Waals surface area contributed by atoms with Crippen LogP contribution in [0.3, 0.4) is 0 Å². The van der Waals surface area contributed by atoms with E-state index in [1.807, 2.05) is 18.3 Å². The van der Waals surface area contributed by atoms with E-state index in [1.54, 1.807) is 0 Å². The number of rotatable bonds is 0. The monoisotopic (exact) mass is 356 g/mol. The lowest BCUT2D eigenvalue weighted by atomic mass is 9.75.